The van der Waals surface area contributed by atoms with Gasteiger partial charge in [-0.25, -0.2) is 4.79 Å². The Morgan fingerprint density at radius 1 is 0.893 bits per heavy atom. The molecule has 0 saturated carbocycles. The van der Waals surface area contributed by atoms with Gasteiger partial charge in [0, 0.05) is 32.0 Å². The van der Waals surface area contributed by atoms with Crippen molar-refractivity contribution < 1.29 is 43.4 Å². The van der Waals surface area contributed by atoms with Crippen molar-refractivity contribution >= 4 is 41.4 Å². The molecule has 2 unspecified atom stereocenters. The second-order valence-corrected chi connectivity index (χ2v) is 14.9. The van der Waals surface area contributed by atoms with Gasteiger partial charge in [0.1, 0.15) is 36.3 Å². The molecule has 15 nitrogen and oxygen atoms in total. The number of rotatable bonds is 5. The van der Waals surface area contributed by atoms with E-state index in [0.29, 0.717) is 12.0 Å². The number of hydrogen-bond donors (Lipinski definition) is 5. The zero-order valence-electron chi connectivity index (χ0n) is 34.7. The van der Waals surface area contributed by atoms with Crippen LogP contribution in [0.5, 0.6) is 0 Å². The minimum Gasteiger partial charge on any atom is -0.456 e. The summed E-state index contributed by atoms with van der Waals surface area (Å²) in [6, 6.07) is 3.57. The van der Waals surface area contributed by atoms with Crippen LogP contribution in [0, 0.1) is 11.8 Å². The molecular weight excluding hydrogens is 720 g/mol. The smallest absolute Gasteiger partial charge is 0.328 e. The van der Waals surface area contributed by atoms with E-state index in [2.05, 4.69) is 21.3 Å². The third-order valence-corrected chi connectivity index (χ3v) is 10.4. The molecule has 6 amide bonds. The average Bonchev–Trinajstić information content (AvgIpc) is 3.17. The minimum absolute atomic E-state index is 0.0184. The van der Waals surface area contributed by atoms with Crippen LogP contribution in [0.25, 0.3) is 0 Å². The van der Waals surface area contributed by atoms with Crippen molar-refractivity contribution in [3.05, 3.63) is 59.2 Å². The molecule has 5 N–H and O–H groups in total. The number of aliphatic hydroxyl groups excluding tert-OH is 1. The van der Waals surface area contributed by atoms with Gasteiger partial charge in [0.15, 0.2) is 0 Å². The van der Waals surface area contributed by atoms with Crippen molar-refractivity contribution in [3.8, 4) is 0 Å². The lowest BCUT2D eigenvalue weighted by atomic mass is 9.90. The molecule has 2 rings (SSSR count). The van der Waals surface area contributed by atoms with Crippen LogP contribution in [0.15, 0.2) is 53.6 Å². The Balaban J connectivity index is 2.55. The van der Waals surface area contributed by atoms with Gasteiger partial charge in [-0.3, -0.25) is 28.8 Å². The summed E-state index contributed by atoms with van der Waals surface area (Å²) >= 11 is 0. The molecule has 0 saturated heterocycles. The van der Waals surface area contributed by atoms with Crippen molar-refractivity contribution in [2.45, 2.75) is 124 Å². The fourth-order valence-electron chi connectivity index (χ4n) is 6.11. The van der Waals surface area contributed by atoms with Crippen molar-refractivity contribution in [1.82, 2.24) is 31.1 Å². The maximum Gasteiger partial charge on any atom is 0.328 e. The number of benzene rings is 1. The number of amides is 6. The van der Waals surface area contributed by atoms with E-state index in [4.69, 9.17) is 4.74 Å². The maximum atomic E-state index is 14.0. The van der Waals surface area contributed by atoms with E-state index in [1.54, 1.807) is 58.0 Å². The molecule has 9 atom stereocenters. The molecule has 1 aromatic rings. The summed E-state index contributed by atoms with van der Waals surface area (Å²) in [6.45, 7) is 14.3. The average molecular weight is 783 g/mol. The van der Waals surface area contributed by atoms with Crippen molar-refractivity contribution in [2.75, 3.05) is 20.6 Å². The van der Waals surface area contributed by atoms with Gasteiger partial charge in [-0.1, -0.05) is 69.7 Å². The number of nitrogens with one attached hydrogen (secondary N) is 4. The van der Waals surface area contributed by atoms with E-state index in [1.165, 1.54) is 57.7 Å². The number of nitrogens with zero attached hydrogens (tertiary/aromatic N) is 2. The molecule has 1 aliphatic rings. The molecule has 0 bridgehead atoms. The first kappa shape index (κ1) is 47.1. The molecule has 0 spiro atoms. The normalized spacial score (nSPS) is 29.6. The lowest BCUT2D eigenvalue weighted by molar-refractivity contribution is -0.155. The quantitative estimate of drug-likeness (QED) is 0.218. The molecule has 0 aliphatic carbocycles. The van der Waals surface area contributed by atoms with Gasteiger partial charge < -0.3 is 40.9 Å². The fraction of sp³-hybridized carbons (Fsp3) is 0.585. The third kappa shape index (κ3) is 13.3. The Morgan fingerprint density at radius 2 is 1.50 bits per heavy atom. The number of allylic oxidation sites excluding steroid dienone is 1. The molecule has 15 heteroatoms. The predicted octanol–water partition coefficient (Wildman–Crippen LogP) is 1.78. The van der Waals surface area contributed by atoms with Crippen LogP contribution in [-0.2, 0) is 44.7 Å². The third-order valence-electron chi connectivity index (χ3n) is 10.4. The number of cyclic esters (lactones) is 1. The van der Waals surface area contributed by atoms with Crippen LogP contribution in [-0.4, -0.2) is 119 Å². The van der Waals surface area contributed by atoms with E-state index in [-0.39, 0.29) is 24.3 Å². The van der Waals surface area contributed by atoms with E-state index in [9.17, 15) is 38.7 Å². The highest BCUT2D eigenvalue weighted by Gasteiger charge is 2.36. The summed E-state index contributed by atoms with van der Waals surface area (Å²) in [5, 5.41) is 21.7. The summed E-state index contributed by atoms with van der Waals surface area (Å²) < 4.78 is 5.84. The van der Waals surface area contributed by atoms with Crippen molar-refractivity contribution in [3.63, 3.8) is 0 Å². The van der Waals surface area contributed by atoms with Crippen molar-refractivity contribution in [1.29, 1.82) is 0 Å². The van der Waals surface area contributed by atoms with E-state index >= 15 is 0 Å². The second kappa shape index (κ2) is 21.9. The lowest BCUT2D eigenvalue weighted by Gasteiger charge is -2.33. The zero-order chi connectivity index (χ0) is 42.4. The van der Waals surface area contributed by atoms with E-state index in [0.717, 1.165) is 5.56 Å². The lowest BCUT2D eigenvalue weighted by Crippen LogP contribution is -2.58. The summed E-state index contributed by atoms with van der Waals surface area (Å²) in [4.78, 5) is 96.7. The van der Waals surface area contributed by atoms with Gasteiger partial charge in [0.2, 0.25) is 35.4 Å². The Bertz CT molecular complexity index is 1630. The van der Waals surface area contributed by atoms with Crippen LogP contribution in [0.1, 0.15) is 80.7 Å². The monoisotopic (exact) mass is 782 g/mol. The number of carbonyl (C=O) groups excluding carboxylic acids is 7. The molecular formula is C41H62N6O9. The summed E-state index contributed by atoms with van der Waals surface area (Å²) in [5.41, 5.74) is 1.63. The van der Waals surface area contributed by atoms with Crippen LogP contribution < -0.4 is 21.3 Å². The predicted molar refractivity (Wildman–Crippen MR) is 211 cm³/mol. The number of ether oxygens (including phenoxy) is 1. The van der Waals surface area contributed by atoms with Gasteiger partial charge in [0.05, 0.1) is 12.6 Å². The number of esters is 1. The zero-order valence-corrected chi connectivity index (χ0v) is 34.7. The minimum atomic E-state index is -1.13. The molecule has 0 fully saturated rings. The molecule has 1 aromatic carbocycles. The van der Waals surface area contributed by atoms with Crippen LogP contribution in [0.2, 0.25) is 0 Å². The summed E-state index contributed by atoms with van der Waals surface area (Å²) in [7, 11) is 2.85. The SMILES string of the molecule is C/C=C(\C)[C@H]1OC(=O)[C@@H](C)NC(=O)C(C(C)CC)NC(=O)CN(C)C(=O)[C@@H](Cc2ccccc2)N(C)C(=O)[C@H](C)NC(=O)[C@@H](C)NC(=O)/C(C)=C/C[C@H](O)[C@@H]1C. The molecule has 0 radical (unpaired) electrons. The van der Waals surface area contributed by atoms with Crippen molar-refractivity contribution in [2.24, 2.45) is 11.8 Å². The van der Waals surface area contributed by atoms with Crippen LogP contribution >= 0.6 is 0 Å². The Kier molecular flexibility index (Phi) is 18.4. The van der Waals surface area contributed by atoms with Gasteiger partial charge in [-0.2, -0.15) is 0 Å². The largest absolute Gasteiger partial charge is 0.456 e. The molecule has 310 valence electrons. The maximum absolute atomic E-state index is 14.0. The summed E-state index contributed by atoms with van der Waals surface area (Å²) in [6.07, 6.45) is 1.95. The number of carbonyl (C=O) groups is 7. The number of hydrogen-bond acceptors (Lipinski definition) is 9. The molecule has 0 aromatic heterocycles. The fourth-order valence-corrected chi connectivity index (χ4v) is 6.11. The van der Waals surface area contributed by atoms with Crippen LogP contribution in [0.3, 0.4) is 0 Å². The van der Waals surface area contributed by atoms with Crippen LogP contribution in [0.4, 0.5) is 0 Å². The highest BCUT2D eigenvalue weighted by Crippen LogP contribution is 2.23. The topological polar surface area (TPSA) is 204 Å². The molecule has 1 heterocycles. The first-order valence-corrected chi connectivity index (χ1v) is 19.2. The number of likely N-dealkylation sites (N-methyl/N-ethyl adjacent to an activating group) is 2. The highest BCUT2D eigenvalue weighted by molar-refractivity contribution is 5.98. The van der Waals surface area contributed by atoms with E-state index < -0.39 is 96.3 Å². The van der Waals surface area contributed by atoms with E-state index in [1.807, 2.05) is 13.0 Å². The van der Waals surface area contributed by atoms with Gasteiger partial charge in [0.25, 0.3) is 0 Å². The second-order valence-electron chi connectivity index (χ2n) is 14.9. The Morgan fingerprint density at radius 3 is 2.09 bits per heavy atom. The van der Waals surface area contributed by atoms with Gasteiger partial charge in [-0.15, -0.1) is 0 Å². The molecule has 56 heavy (non-hydrogen) atoms. The molecule has 1 aliphatic heterocycles. The standard InChI is InChI=1S/C41H62N6O9/c1-12-23(3)34-38(52)44-29(9)41(55)56-35(24(4)13-2)26(6)32(48)20-19-25(5)36(50)42-27(7)37(51)43-28(8)39(53)47(11)31(21-30-17-15-14-16-18-30)40(54)46(10)22-33(49)45-34/h13-19,23,26-29,31-32,34-35,48H,12,20-22H2,1-11H3,(H,42,50)(H,43,51)(H,44,52)(H,45,49)/b24-13+,25-19+/t23?,26-,27+,28-,29+,31+,32-,34?,35+/m0/s1. The van der Waals surface area contributed by atoms with Gasteiger partial charge >= 0.3 is 5.97 Å². The highest BCUT2D eigenvalue weighted by atomic mass is 16.5. The first-order chi connectivity index (χ1) is 26.2. The van der Waals surface area contributed by atoms with Gasteiger partial charge in [-0.05, 0) is 65.0 Å². The number of aliphatic hydroxyl groups is 1. The first-order valence-electron chi connectivity index (χ1n) is 19.2. The summed E-state index contributed by atoms with van der Waals surface area (Å²) in [5.74, 6) is -5.39. The Hall–Kier alpha value is -5.05. The Labute approximate surface area is 331 Å².